The van der Waals surface area contributed by atoms with Crippen molar-refractivity contribution in [2.45, 2.75) is 18.9 Å². The van der Waals surface area contributed by atoms with Crippen LogP contribution in [0.4, 0.5) is 4.39 Å². The summed E-state index contributed by atoms with van der Waals surface area (Å²) in [5.74, 6) is -0.850. The molecule has 5 nitrogen and oxygen atoms in total. The maximum atomic E-state index is 14.3. The second-order valence-corrected chi connectivity index (χ2v) is 6.05. The summed E-state index contributed by atoms with van der Waals surface area (Å²) in [5.41, 5.74) is 0.412. The molecule has 0 bridgehead atoms. The van der Waals surface area contributed by atoms with Gasteiger partial charge in [-0.15, -0.1) is 0 Å². The first-order chi connectivity index (χ1) is 11.1. The molecule has 23 heavy (non-hydrogen) atoms. The molecular weight excluding hydrogens is 299 g/mol. The van der Waals surface area contributed by atoms with Crippen LogP contribution in [0.1, 0.15) is 24.4 Å². The van der Waals surface area contributed by atoms with E-state index >= 15 is 0 Å². The zero-order valence-electron chi connectivity index (χ0n) is 13.2. The minimum absolute atomic E-state index is 0.0131. The van der Waals surface area contributed by atoms with E-state index in [0.29, 0.717) is 44.7 Å². The Kier molecular flexibility index (Phi) is 4.61. The normalized spacial score (nSPS) is 25.6. The van der Waals surface area contributed by atoms with Gasteiger partial charge in [0.2, 0.25) is 11.8 Å². The molecule has 6 heteroatoms. The monoisotopic (exact) mass is 320 g/mol. The largest absolute Gasteiger partial charge is 0.378 e. The number of piperidine rings is 1. The van der Waals surface area contributed by atoms with Crippen molar-refractivity contribution in [1.29, 1.82) is 0 Å². The zero-order valence-corrected chi connectivity index (χ0v) is 13.2. The highest BCUT2D eigenvalue weighted by atomic mass is 19.1. The fourth-order valence-corrected chi connectivity index (χ4v) is 3.46. The SMILES string of the molecule is CN1C(=O)CC[C@H](C(=O)N2CCOCC2)[C@@H]1c1ccccc1F. The van der Waals surface area contributed by atoms with E-state index in [1.165, 1.54) is 11.0 Å². The van der Waals surface area contributed by atoms with Gasteiger partial charge in [0.25, 0.3) is 0 Å². The standard InChI is InChI=1S/C17H21FN2O3/c1-19-15(21)7-6-13(17(22)20-8-10-23-11-9-20)16(19)12-4-2-3-5-14(12)18/h2-5,13,16H,6-11H2,1H3/t13-,16-/m0/s1. The van der Waals surface area contributed by atoms with E-state index in [0.717, 1.165) is 0 Å². The average Bonchev–Trinajstić information content (AvgIpc) is 2.58. The Bertz CT molecular complexity index is 601. The van der Waals surface area contributed by atoms with Crippen LogP contribution in [-0.4, -0.2) is 55.0 Å². The first-order valence-electron chi connectivity index (χ1n) is 7.96. The topological polar surface area (TPSA) is 49.9 Å². The van der Waals surface area contributed by atoms with Crippen LogP contribution in [0.2, 0.25) is 0 Å². The van der Waals surface area contributed by atoms with Gasteiger partial charge < -0.3 is 14.5 Å². The van der Waals surface area contributed by atoms with Crippen molar-refractivity contribution in [3.8, 4) is 0 Å². The zero-order chi connectivity index (χ0) is 16.4. The summed E-state index contributed by atoms with van der Waals surface area (Å²) >= 11 is 0. The molecule has 3 rings (SSSR count). The minimum Gasteiger partial charge on any atom is -0.378 e. The lowest BCUT2D eigenvalue weighted by molar-refractivity contribution is -0.149. The first kappa shape index (κ1) is 15.9. The fraction of sp³-hybridized carbons (Fsp3) is 0.529. The number of carbonyl (C=O) groups excluding carboxylic acids is 2. The quantitative estimate of drug-likeness (QED) is 0.831. The molecule has 124 valence electrons. The lowest BCUT2D eigenvalue weighted by Gasteiger charge is -2.41. The Hall–Kier alpha value is -1.95. The van der Waals surface area contributed by atoms with Crippen LogP contribution in [0.5, 0.6) is 0 Å². The summed E-state index contributed by atoms with van der Waals surface area (Å²) in [6.07, 6.45) is 0.778. The van der Waals surface area contributed by atoms with E-state index in [1.54, 1.807) is 30.1 Å². The smallest absolute Gasteiger partial charge is 0.228 e. The molecule has 0 radical (unpaired) electrons. The van der Waals surface area contributed by atoms with Gasteiger partial charge in [-0.05, 0) is 12.5 Å². The lowest BCUT2D eigenvalue weighted by Crippen LogP contribution is -2.50. The molecule has 2 aliphatic rings. The molecule has 2 heterocycles. The molecule has 0 aliphatic carbocycles. The van der Waals surface area contributed by atoms with Crippen molar-refractivity contribution < 1.29 is 18.7 Å². The predicted molar refractivity (Wildman–Crippen MR) is 82.0 cm³/mol. The maximum Gasteiger partial charge on any atom is 0.228 e. The molecule has 2 saturated heterocycles. The van der Waals surface area contributed by atoms with Crippen molar-refractivity contribution in [3.63, 3.8) is 0 Å². The number of nitrogens with zero attached hydrogens (tertiary/aromatic N) is 2. The van der Waals surface area contributed by atoms with Crippen LogP contribution in [-0.2, 0) is 14.3 Å². The highest BCUT2D eigenvalue weighted by Gasteiger charge is 2.41. The van der Waals surface area contributed by atoms with Crippen LogP contribution in [0.25, 0.3) is 0 Å². The average molecular weight is 320 g/mol. The third kappa shape index (κ3) is 3.08. The van der Waals surface area contributed by atoms with Crippen molar-refractivity contribution in [2.24, 2.45) is 5.92 Å². The lowest BCUT2D eigenvalue weighted by atomic mass is 9.83. The van der Waals surface area contributed by atoms with Crippen LogP contribution < -0.4 is 0 Å². The molecule has 2 amide bonds. The third-order valence-electron chi connectivity index (χ3n) is 4.72. The Morgan fingerprint density at radius 1 is 1.26 bits per heavy atom. The number of morpholine rings is 1. The molecular formula is C17H21FN2O3. The van der Waals surface area contributed by atoms with Crippen LogP contribution in [0.15, 0.2) is 24.3 Å². The highest BCUT2D eigenvalue weighted by Crippen LogP contribution is 2.38. The van der Waals surface area contributed by atoms with Gasteiger partial charge in [0.15, 0.2) is 0 Å². The van der Waals surface area contributed by atoms with Crippen LogP contribution in [0.3, 0.4) is 0 Å². The van der Waals surface area contributed by atoms with Gasteiger partial charge in [0.1, 0.15) is 5.82 Å². The van der Waals surface area contributed by atoms with E-state index in [-0.39, 0.29) is 17.6 Å². The fourth-order valence-electron chi connectivity index (χ4n) is 3.46. The van der Waals surface area contributed by atoms with Gasteiger partial charge in [-0.2, -0.15) is 0 Å². The number of benzene rings is 1. The van der Waals surface area contributed by atoms with Crippen LogP contribution >= 0.6 is 0 Å². The molecule has 0 aromatic heterocycles. The van der Waals surface area contributed by atoms with Gasteiger partial charge in [-0.25, -0.2) is 4.39 Å². The molecule has 1 aromatic rings. The summed E-state index contributed by atoms with van der Waals surface area (Å²) in [6, 6.07) is 5.84. The predicted octanol–water partition coefficient (Wildman–Crippen LogP) is 1.59. The number of carbonyl (C=O) groups is 2. The summed E-state index contributed by atoms with van der Waals surface area (Å²) in [4.78, 5) is 28.3. The second kappa shape index (κ2) is 6.66. The Morgan fingerprint density at radius 3 is 2.65 bits per heavy atom. The number of hydrogen-bond acceptors (Lipinski definition) is 3. The Labute approximate surface area is 135 Å². The molecule has 2 atom stereocenters. The molecule has 2 fully saturated rings. The van der Waals surface area contributed by atoms with Gasteiger partial charge in [0.05, 0.1) is 25.2 Å². The summed E-state index contributed by atoms with van der Waals surface area (Å²) in [6.45, 7) is 2.16. The van der Waals surface area contributed by atoms with Crippen LogP contribution in [0, 0.1) is 11.7 Å². The molecule has 1 aromatic carbocycles. The summed E-state index contributed by atoms with van der Waals surface area (Å²) in [5, 5.41) is 0. The van der Waals surface area contributed by atoms with Gasteiger partial charge >= 0.3 is 0 Å². The second-order valence-electron chi connectivity index (χ2n) is 6.05. The van der Waals surface area contributed by atoms with E-state index in [2.05, 4.69) is 0 Å². The van der Waals surface area contributed by atoms with Gasteiger partial charge in [-0.3, -0.25) is 9.59 Å². The summed E-state index contributed by atoms with van der Waals surface area (Å²) < 4.78 is 19.6. The van der Waals surface area contributed by atoms with Crippen molar-refractivity contribution in [1.82, 2.24) is 9.80 Å². The molecule has 0 saturated carbocycles. The number of ether oxygens (including phenoxy) is 1. The Balaban J connectivity index is 1.91. The minimum atomic E-state index is -0.548. The molecule has 2 aliphatic heterocycles. The summed E-state index contributed by atoms with van der Waals surface area (Å²) in [7, 11) is 1.65. The van der Waals surface area contributed by atoms with Gasteiger partial charge in [0, 0.05) is 32.1 Å². The maximum absolute atomic E-state index is 14.3. The number of halogens is 1. The number of rotatable bonds is 2. The number of amides is 2. The van der Waals surface area contributed by atoms with E-state index < -0.39 is 12.0 Å². The Morgan fingerprint density at radius 2 is 1.96 bits per heavy atom. The number of hydrogen-bond donors (Lipinski definition) is 0. The molecule has 0 unspecified atom stereocenters. The molecule has 0 N–H and O–H groups in total. The third-order valence-corrected chi connectivity index (χ3v) is 4.72. The van der Waals surface area contributed by atoms with E-state index in [1.807, 2.05) is 0 Å². The van der Waals surface area contributed by atoms with Crippen molar-refractivity contribution in [3.05, 3.63) is 35.6 Å². The van der Waals surface area contributed by atoms with Crippen molar-refractivity contribution >= 4 is 11.8 Å². The van der Waals surface area contributed by atoms with Crippen molar-refractivity contribution in [2.75, 3.05) is 33.4 Å². The number of likely N-dealkylation sites (tertiary alicyclic amines) is 1. The van der Waals surface area contributed by atoms with Gasteiger partial charge in [-0.1, -0.05) is 18.2 Å². The first-order valence-corrected chi connectivity index (χ1v) is 7.96. The highest BCUT2D eigenvalue weighted by molar-refractivity contribution is 5.85. The molecule has 0 spiro atoms. The van der Waals surface area contributed by atoms with E-state index in [4.69, 9.17) is 4.74 Å². The van der Waals surface area contributed by atoms with E-state index in [9.17, 15) is 14.0 Å².